The minimum absolute atomic E-state index is 0.516. The van der Waals surface area contributed by atoms with Crippen LogP contribution < -0.4 is 0 Å². The first-order valence-corrected chi connectivity index (χ1v) is 5.67. The highest BCUT2D eigenvalue weighted by atomic mass is 79.9. The standard InChI is InChI=1S/C10H6BrCl2N/c11-5-7(6-14)3-8-1-2-9(12)4-10(8)13/h1-4H,5H2/b7-3-. The lowest BCUT2D eigenvalue weighted by atomic mass is 10.1. The number of nitriles is 1. The molecule has 0 amide bonds. The summed E-state index contributed by atoms with van der Waals surface area (Å²) in [6, 6.07) is 7.24. The molecular weight excluding hydrogens is 285 g/mol. The summed E-state index contributed by atoms with van der Waals surface area (Å²) in [6.07, 6.45) is 1.73. The van der Waals surface area contributed by atoms with Crippen molar-refractivity contribution in [1.29, 1.82) is 5.26 Å². The van der Waals surface area contributed by atoms with Crippen molar-refractivity contribution >= 4 is 45.2 Å². The van der Waals surface area contributed by atoms with Gasteiger partial charge in [-0.1, -0.05) is 45.2 Å². The van der Waals surface area contributed by atoms with Crippen LogP contribution >= 0.6 is 39.1 Å². The zero-order chi connectivity index (χ0) is 10.6. The van der Waals surface area contributed by atoms with Crippen LogP contribution in [0.3, 0.4) is 0 Å². The molecule has 0 spiro atoms. The van der Waals surface area contributed by atoms with E-state index in [9.17, 15) is 0 Å². The van der Waals surface area contributed by atoms with Crippen molar-refractivity contribution in [3.8, 4) is 6.07 Å². The van der Waals surface area contributed by atoms with Gasteiger partial charge in [0.25, 0.3) is 0 Å². The third-order valence-corrected chi connectivity index (χ3v) is 2.75. The molecule has 0 aliphatic carbocycles. The molecule has 0 atom stereocenters. The van der Waals surface area contributed by atoms with Gasteiger partial charge in [-0.2, -0.15) is 5.26 Å². The molecule has 1 aromatic rings. The number of hydrogen-bond donors (Lipinski definition) is 0. The molecular formula is C10H6BrCl2N. The minimum atomic E-state index is 0.516. The predicted molar refractivity (Wildman–Crippen MR) is 63.8 cm³/mol. The molecule has 0 radical (unpaired) electrons. The van der Waals surface area contributed by atoms with Crippen molar-refractivity contribution in [3.05, 3.63) is 39.4 Å². The molecule has 72 valence electrons. The van der Waals surface area contributed by atoms with Crippen LogP contribution in [-0.4, -0.2) is 5.33 Å². The molecule has 0 aliphatic rings. The van der Waals surface area contributed by atoms with Crippen molar-refractivity contribution in [2.45, 2.75) is 0 Å². The molecule has 4 heteroatoms. The molecule has 0 saturated heterocycles. The van der Waals surface area contributed by atoms with Crippen LogP contribution in [0.2, 0.25) is 10.0 Å². The summed E-state index contributed by atoms with van der Waals surface area (Å²) in [7, 11) is 0. The maximum absolute atomic E-state index is 8.72. The van der Waals surface area contributed by atoms with Gasteiger partial charge in [0.05, 0.1) is 6.07 Å². The Bertz CT molecular complexity index is 407. The Labute approximate surface area is 101 Å². The number of hydrogen-bond acceptors (Lipinski definition) is 1. The number of halogens is 3. The molecule has 14 heavy (non-hydrogen) atoms. The van der Waals surface area contributed by atoms with Crippen LogP contribution in [0.4, 0.5) is 0 Å². The van der Waals surface area contributed by atoms with Gasteiger partial charge >= 0.3 is 0 Å². The summed E-state index contributed by atoms with van der Waals surface area (Å²) in [6.45, 7) is 0. The second kappa shape index (κ2) is 5.41. The maximum Gasteiger partial charge on any atom is 0.0956 e. The molecule has 0 N–H and O–H groups in total. The quantitative estimate of drug-likeness (QED) is 0.589. The van der Waals surface area contributed by atoms with E-state index in [-0.39, 0.29) is 0 Å². The zero-order valence-electron chi connectivity index (χ0n) is 7.10. The highest BCUT2D eigenvalue weighted by Gasteiger charge is 2.00. The summed E-state index contributed by atoms with van der Waals surface area (Å²) in [5, 5.41) is 10.4. The fourth-order valence-electron chi connectivity index (χ4n) is 0.907. The van der Waals surface area contributed by atoms with E-state index in [2.05, 4.69) is 22.0 Å². The first-order valence-electron chi connectivity index (χ1n) is 3.79. The molecule has 1 rings (SSSR count). The van der Waals surface area contributed by atoms with Crippen LogP contribution in [0, 0.1) is 11.3 Å². The second-order valence-electron chi connectivity index (χ2n) is 2.58. The molecule has 1 aromatic carbocycles. The number of allylic oxidation sites excluding steroid dienone is 1. The smallest absolute Gasteiger partial charge is 0.0956 e. The number of benzene rings is 1. The normalized spacial score (nSPS) is 11.1. The average Bonchev–Trinajstić information content (AvgIpc) is 2.17. The van der Waals surface area contributed by atoms with Gasteiger partial charge in [0, 0.05) is 20.9 Å². The van der Waals surface area contributed by atoms with Gasteiger partial charge in [-0.05, 0) is 23.8 Å². The van der Waals surface area contributed by atoms with Crippen molar-refractivity contribution in [2.75, 3.05) is 5.33 Å². The van der Waals surface area contributed by atoms with Gasteiger partial charge < -0.3 is 0 Å². The number of rotatable bonds is 2. The Hall–Kier alpha value is -0.490. The summed E-state index contributed by atoms with van der Waals surface area (Å²) in [5.41, 5.74) is 1.42. The average molecular weight is 291 g/mol. The van der Waals surface area contributed by atoms with Crippen LogP contribution in [0.1, 0.15) is 5.56 Å². The molecule has 0 heterocycles. The van der Waals surface area contributed by atoms with Crippen molar-refractivity contribution in [2.24, 2.45) is 0 Å². The Balaban J connectivity index is 3.10. The maximum atomic E-state index is 8.72. The number of nitrogens with zero attached hydrogens (tertiary/aromatic N) is 1. The molecule has 0 aromatic heterocycles. The second-order valence-corrected chi connectivity index (χ2v) is 3.99. The summed E-state index contributed by atoms with van der Waals surface area (Å²) < 4.78 is 0. The molecule has 0 bridgehead atoms. The SMILES string of the molecule is N#C/C(=C\c1ccc(Cl)cc1Cl)CBr. The van der Waals surface area contributed by atoms with Crippen molar-refractivity contribution in [3.63, 3.8) is 0 Å². The van der Waals surface area contributed by atoms with E-state index >= 15 is 0 Å². The lowest BCUT2D eigenvalue weighted by molar-refractivity contribution is 1.47. The minimum Gasteiger partial charge on any atom is -0.193 e. The van der Waals surface area contributed by atoms with E-state index in [0.29, 0.717) is 20.9 Å². The molecule has 0 saturated carbocycles. The fraction of sp³-hybridized carbons (Fsp3) is 0.100. The Kier molecular flexibility index (Phi) is 4.47. The Morgan fingerprint density at radius 2 is 2.21 bits per heavy atom. The van der Waals surface area contributed by atoms with Crippen LogP contribution in [0.25, 0.3) is 6.08 Å². The van der Waals surface area contributed by atoms with Gasteiger partial charge in [0.2, 0.25) is 0 Å². The largest absolute Gasteiger partial charge is 0.193 e. The molecule has 0 unspecified atom stereocenters. The number of alkyl halides is 1. The Morgan fingerprint density at radius 1 is 1.50 bits per heavy atom. The van der Waals surface area contributed by atoms with Gasteiger partial charge in [-0.15, -0.1) is 0 Å². The molecule has 0 aliphatic heterocycles. The van der Waals surface area contributed by atoms with E-state index in [4.69, 9.17) is 28.5 Å². The van der Waals surface area contributed by atoms with Gasteiger partial charge in [0.1, 0.15) is 0 Å². The van der Waals surface area contributed by atoms with E-state index in [1.54, 1.807) is 24.3 Å². The summed E-state index contributed by atoms with van der Waals surface area (Å²) in [4.78, 5) is 0. The fourth-order valence-corrected chi connectivity index (χ4v) is 1.66. The Morgan fingerprint density at radius 3 is 2.71 bits per heavy atom. The lowest BCUT2D eigenvalue weighted by Gasteiger charge is -1.99. The van der Waals surface area contributed by atoms with Crippen molar-refractivity contribution in [1.82, 2.24) is 0 Å². The predicted octanol–water partition coefficient (Wildman–Crippen LogP) is 4.30. The van der Waals surface area contributed by atoms with E-state index in [1.165, 1.54) is 0 Å². The first kappa shape index (κ1) is 11.6. The van der Waals surface area contributed by atoms with Crippen LogP contribution in [-0.2, 0) is 0 Å². The van der Waals surface area contributed by atoms with Crippen LogP contribution in [0.5, 0.6) is 0 Å². The van der Waals surface area contributed by atoms with Gasteiger partial charge in [-0.25, -0.2) is 0 Å². The van der Waals surface area contributed by atoms with E-state index < -0.39 is 0 Å². The lowest BCUT2D eigenvalue weighted by Crippen LogP contribution is -1.81. The van der Waals surface area contributed by atoms with Crippen LogP contribution in [0.15, 0.2) is 23.8 Å². The molecule has 0 fully saturated rings. The van der Waals surface area contributed by atoms with Crippen molar-refractivity contribution < 1.29 is 0 Å². The summed E-state index contributed by atoms with van der Waals surface area (Å²) >= 11 is 14.9. The monoisotopic (exact) mass is 289 g/mol. The topological polar surface area (TPSA) is 23.8 Å². The van der Waals surface area contributed by atoms with E-state index in [1.807, 2.05) is 0 Å². The third-order valence-electron chi connectivity index (χ3n) is 1.58. The van der Waals surface area contributed by atoms with Gasteiger partial charge in [0.15, 0.2) is 0 Å². The van der Waals surface area contributed by atoms with Gasteiger partial charge in [-0.3, -0.25) is 0 Å². The first-order chi connectivity index (χ1) is 6.67. The zero-order valence-corrected chi connectivity index (χ0v) is 10.2. The third kappa shape index (κ3) is 3.02. The highest BCUT2D eigenvalue weighted by Crippen LogP contribution is 2.23. The van der Waals surface area contributed by atoms with E-state index in [0.717, 1.165) is 5.56 Å². The highest BCUT2D eigenvalue weighted by molar-refractivity contribution is 9.09. The molecule has 1 nitrogen and oxygen atoms in total. The summed E-state index contributed by atoms with van der Waals surface area (Å²) in [5.74, 6) is 0.